The predicted molar refractivity (Wildman–Crippen MR) is 43.4 cm³/mol. The van der Waals surface area contributed by atoms with Gasteiger partial charge in [-0.25, -0.2) is 4.79 Å². The summed E-state index contributed by atoms with van der Waals surface area (Å²) in [5, 5.41) is 8.69. The summed E-state index contributed by atoms with van der Waals surface area (Å²) in [6.07, 6.45) is 0. The highest BCUT2D eigenvalue weighted by atomic mass is 16.5. The molecule has 1 aromatic carbocycles. The van der Waals surface area contributed by atoms with Crippen molar-refractivity contribution in [2.45, 2.75) is 6.92 Å². The molecule has 3 heteroatoms. The van der Waals surface area contributed by atoms with E-state index in [9.17, 15) is 4.79 Å². The van der Waals surface area contributed by atoms with Crippen LogP contribution in [0.1, 0.15) is 17.3 Å². The number of carbonyl (C=O) groups is 1. The van der Waals surface area contributed by atoms with Crippen molar-refractivity contribution in [3.8, 4) is 5.75 Å². The first-order valence-electron chi connectivity index (χ1n) is 3.62. The highest BCUT2D eigenvalue weighted by Crippen LogP contribution is 2.16. The van der Waals surface area contributed by atoms with E-state index in [0.29, 0.717) is 12.4 Å². The van der Waals surface area contributed by atoms with E-state index < -0.39 is 5.97 Å². The molecular weight excluding hydrogens is 156 g/mol. The van der Waals surface area contributed by atoms with Crippen LogP contribution in [0.15, 0.2) is 18.2 Å². The standard InChI is InChI=1S/C9H9O3/c1-2-12-8-6-4-3-5-7(8)9(10)11/h4-6H,2H2,1H3,(H,10,11). The third-order valence-corrected chi connectivity index (χ3v) is 1.35. The first-order chi connectivity index (χ1) is 5.75. The Morgan fingerprint density at radius 2 is 2.50 bits per heavy atom. The number of ether oxygens (including phenoxy) is 1. The molecule has 12 heavy (non-hydrogen) atoms. The highest BCUT2D eigenvalue weighted by Gasteiger charge is 2.08. The molecule has 0 fully saturated rings. The SMILES string of the molecule is CCOc1cc[c]cc1C(=O)O. The van der Waals surface area contributed by atoms with Crippen LogP contribution in [-0.4, -0.2) is 17.7 Å². The molecule has 1 radical (unpaired) electrons. The van der Waals surface area contributed by atoms with Gasteiger partial charge in [-0.3, -0.25) is 0 Å². The van der Waals surface area contributed by atoms with Gasteiger partial charge in [-0.1, -0.05) is 6.07 Å². The van der Waals surface area contributed by atoms with Gasteiger partial charge in [-0.05, 0) is 25.1 Å². The molecule has 0 spiro atoms. The zero-order valence-electron chi connectivity index (χ0n) is 6.70. The van der Waals surface area contributed by atoms with Gasteiger partial charge in [-0.2, -0.15) is 0 Å². The Bertz CT molecular complexity index is 281. The fourth-order valence-corrected chi connectivity index (χ4v) is 0.865. The maximum atomic E-state index is 10.6. The summed E-state index contributed by atoms with van der Waals surface area (Å²) >= 11 is 0. The second kappa shape index (κ2) is 3.76. The van der Waals surface area contributed by atoms with Crippen LogP contribution in [0.3, 0.4) is 0 Å². The molecule has 0 aliphatic carbocycles. The Morgan fingerprint density at radius 1 is 1.75 bits per heavy atom. The Hall–Kier alpha value is -1.51. The van der Waals surface area contributed by atoms with E-state index in [0.717, 1.165) is 0 Å². The van der Waals surface area contributed by atoms with Crippen molar-refractivity contribution in [2.24, 2.45) is 0 Å². The van der Waals surface area contributed by atoms with E-state index >= 15 is 0 Å². The largest absolute Gasteiger partial charge is 0.493 e. The van der Waals surface area contributed by atoms with Crippen molar-refractivity contribution in [2.75, 3.05) is 6.61 Å². The van der Waals surface area contributed by atoms with Crippen molar-refractivity contribution in [1.82, 2.24) is 0 Å². The minimum Gasteiger partial charge on any atom is -0.493 e. The van der Waals surface area contributed by atoms with Gasteiger partial charge >= 0.3 is 5.97 Å². The average Bonchev–Trinajstić information content (AvgIpc) is 2.05. The molecule has 0 saturated heterocycles. The molecule has 63 valence electrons. The third-order valence-electron chi connectivity index (χ3n) is 1.35. The lowest BCUT2D eigenvalue weighted by molar-refractivity contribution is 0.0692. The number of hydrogen-bond donors (Lipinski definition) is 1. The lowest BCUT2D eigenvalue weighted by atomic mass is 10.2. The van der Waals surface area contributed by atoms with Crippen molar-refractivity contribution >= 4 is 5.97 Å². The molecule has 0 atom stereocenters. The monoisotopic (exact) mass is 165 g/mol. The Kier molecular flexibility index (Phi) is 2.69. The number of benzene rings is 1. The van der Waals surface area contributed by atoms with Gasteiger partial charge < -0.3 is 9.84 Å². The summed E-state index contributed by atoms with van der Waals surface area (Å²) in [5.41, 5.74) is 0.152. The molecule has 3 nitrogen and oxygen atoms in total. The van der Waals surface area contributed by atoms with Crippen molar-refractivity contribution in [3.63, 3.8) is 0 Å². The number of carboxylic acids is 1. The summed E-state index contributed by atoms with van der Waals surface area (Å²) in [6, 6.07) is 7.29. The molecule has 1 aromatic rings. The molecule has 0 amide bonds. The zero-order valence-corrected chi connectivity index (χ0v) is 6.70. The number of carboxylic acid groups (broad SMARTS) is 1. The minimum absolute atomic E-state index is 0.152. The minimum atomic E-state index is -0.990. The van der Waals surface area contributed by atoms with E-state index in [1.165, 1.54) is 6.07 Å². The summed E-state index contributed by atoms with van der Waals surface area (Å²) < 4.78 is 5.10. The van der Waals surface area contributed by atoms with Gasteiger partial charge in [-0.15, -0.1) is 0 Å². The number of aromatic carboxylic acids is 1. The lowest BCUT2D eigenvalue weighted by Crippen LogP contribution is -2.02. The van der Waals surface area contributed by atoms with Crippen molar-refractivity contribution in [1.29, 1.82) is 0 Å². The summed E-state index contributed by atoms with van der Waals surface area (Å²) in [5.74, 6) is -0.598. The lowest BCUT2D eigenvalue weighted by Gasteiger charge is -2.04. The van der Waals surface area contributed by atoms with Crippen molar-refractivity contribution in [3.05, 3.63) is 29.8 Å². The maximum absolute atomic E-state index is 10.6. The molecule has 1 N–H and O–H groups in total. The Morgan fingerprint density at radius 3 is 3.08 bits per heavy atom. The molecule has 0 saturated carbocycles. The van der Waals surface area contributed by atoms with Gasteiger partial charge in [0.2, 0.25) is 0 Å². The normalized spacial score (nSPS) is 9.42. The third kappa shape index (κ3) is 1.75. The predicted octanol–water partition coefficient (Wildman–Crippen LogP) is 1.58. The van der Waals surface area contributed by atoms with Crippen LogP contribution in [0.5, 0.6) is 5.75 Å². The van der Waals surface area contributed by atoms with Gasteiger partial charge in [0.15, 0.2) is 0 Å². The molecule has 0 heterocycles. The van der Waals surface area contributed by atoms with Crippen LogP contribution in [0.2, 0.25) is 0 Å². The number of hydrogen-bond acceptors (Lipinski definition) is 2. The van der Waals surface area contributed by atoms with Crippen LogP contribution in [0.25, 0.3) is 0 Å². The maximum Gasteiger partial charge on any atom is 0.339 e. The summed E-state index contributed by atoms with van der Waals surface area (Å²) in [7, 11) is 0. The van der Waals surface area contributed by atoms with E-state index in [1.807, 2.05) is 6.92 Å². The molecule has 1 rings (SSSR count). The highest BCUT2D eigenvalue weighted by molar-refractivity contribution is 5.90. The van der Waals surface area contributed by atoms with Crippen LogP contribution in [0.4, 0.5) is 0 Å². The van der Waals surface area contributed by atoms with E-state index in [-0.39, 0.29) is 5.56 Å². The molecule has 0 unspecified atom stereocenters. The fourth-order valence-electron chi connectivity index (χ4n) is 0.865. The number of rotatable bonds is 3. The first kappa shape index (κ1) is 8.59. The molecule has 0 aliphatic heterocycles. The Labute approximate surface area is 70.6 Å². The first-order valence-corrected chi connectivity index (χ1v) is 3.62. The van der Waals surface area contributed by atoms with E-state index in [4.69, 9.17) is 9.84 Å². The molecule has 0 bridgehead atoms. The van der Waals surface area contributed by atoms with Crippen LogP contribution in [0, 0.1) is 6.07 Å². The van der Waals surface area contributed by atoms with Gasteiger partial charge in [0.05, 0.1) is 6.61 Å². The van der Waals surface area contributed by atoms with Crippen LogP contribution >= 0.6 is 0 Å². The van der Waals surface area contributed by atoms with Gasteiger partial charge in [0.1, 0.15) is 11.3 Å². The molecule has 0 aromatic heterocycles. The fraction of sp³-hybridized carbons (Fsp3) is 0.222. The Balaban J connectivity index is 3.00. The smallest absolute Gasteiger partial charge is 0.339 e. The topological polar surface area (TPSA) is 46.5 Å². The second-order valence-corrected chi connectivity index (χ2v) is 2.16. The van der Waals surface area contributed by atoms with Crippen LogP contribution < -0.4 is 4.74 Å². The second-order valence-electron chi connectivity index (χ2n) is 2.16. The molecule has 0 aliphatic rings. The quantitative estimate of drug-likeness (QED) is 0.739. The molecular formula is C9H9O3. The summed E-state index contributed by atoms with van der Waals surface area (Å²) in [6.45, 7) is 2.27. The summed E-state index contributed by atoms with van der Waals surface area (Å²) in [4.78, 5) is 10.6. The van der Waals surface area contributed by atoms with E-state index in [2.05, 4.69) is 6.07 Å². The van der Waals surface area contributed by atoms with Gasteiger partial charge in [0.25, 0.3) is 0 Å². The van der Waals surface area contributed by atoms with Crippen LogP contribution in [-0.2, 0) is 0 Å². The van der Waals surface area contributed by atoms with Gasteiger partial charge in [0, 0.05) is 0 Å². The van der Waals surface area contributed by atoms with Crippen molar-refractivity contribution < 1.29 is 14.6 Å². The zero-order chi connectivity index (χ0) is 8.97. The average molecular weight is 165 g/mol. The van der Waals surface area contributed by atoms with E-state index in [1.54, 1.807) is 12.1 Å².